The van der Waals surface area contributed by atoms with E-state index in [4.69, 9.17) is 0 Å². The minimum atomic E-state index is 0.358. The van der Waals surface area contributed by atoms with Gasteiger partial charge in [-0.05, 0) is 11.6 Å². The van der Waals surface area contributed by atoms with Crippen molar-refractivity contribution in [1.29, 1.82) is 0 Å². The van der Waals surface area contributed by atoms with Crippen LogP contribution >= 0.6 is 23.1 Å². The summed E-state index contributed by atoms with van der Waals surface area (Å²) in [6.07, 6.45) is 0. The Morgan fingerprint density at radius 2 is 1.67 bits per heavy atom. The highest BCUT2D eigenvalue weighted by Gasteiger charge is 2.26. The second kappa shape index (κ2) is 4.04. The first kappa shape index (κ1) is 10.5. The maximum Gasteiger partial charge on any atom is 0.105 e. The van der Waals surface area contributed by atoms with Gasteiger partial charge >= 0.3 is 0 Å². The summed E-state index contributed by atoms with van der Waals surface area (Å²) in [5.74, 6) is 0. The third-order valence-electron chi connectivity index (χ3n) is 3.15. The molecular weight excluding hydrogens is 258 g/mol. The van der Waals surface area contributed by atoms with Crippen molar-refractivity contribution in [3.63, 3.8) is 0 Å². The lowest BCUT2D eigenvalue weighted by molar-refractivity contribution is 1.14. The molecule has 0 saturated carbocycles. The largest absolute Gasteiger partial charge is 0.360 e. The first-order valence-electron chi connectivity index (χ1n) is 5.91. The van der Waals surface area contributed by atoms with Gasteiger partial charge in [-0.2, -0.15) is 0 Å². The van der Waals surface area contributed by atoms with Gasteiger partial charge in [-0.15, -0.1) is 11.3 Å². The molecule has 2 heterocycles. The quantitative estimate of drug-likeness (QED) is 0.658. The summed E-state index contributed by atoms with van der Waals surface area (Å²) in [6, 6.07) is 19.3. The molecule has 0 spiro atoms. The molecule has 0 aliphatic carbocycles. The summed E-state index contributed by atoms with van der Waals surface area (Å²) in [7, 11) is 0. The lowest BCUT2D eigenvalue weighted by atomic mass is 10.2. The van der Waals surface area contributed by atoms with E-state index in [-0.39, 0.29) is 0 Å². The Morgan fingerprint density at radius 3 is 2.56 bits per heavy atom. The molecule has 1 atom stereocenters. The third kappa shape index (κ3) is 1.55. The number of fused-ring (bicyclic) bond motifs is 3. The molecular formula is C15H11NS2. The van der Waals surface area contributed by atoms with Gasteiger partial charge in [-0.1, -0.05) is 60.3 Å². The zero-order chi connectivity index (χ0) is 11.9. The third-order valence-corrected chi connectivity index (χ3v) is 5.67. The van der Waals surface area contributed by atoms with Crippen molar-refractivity contribution in [3.8, 4) is 0 Å². The molecule has 0 bridgehead atoms. The lowest BCUT2D eigenvalue weighted by Gasteiger charge is -2.10. The fraction of sp³-hybridized carbons (Fsp3) is 0.0667. The fourth-order valence-electron chi connectivity index (χ4n) is 2.28. The van der Waals surface area contributed by atoms with Gasteiger partial charge in [0.1, 0.15) is 10.4 Å². The predicted molar refractivity (Wildman–Crippen MR) is 80.5 cm³/mol. The maximum atomic E-state index is 3.62. The molecule has 1 aliphatic heterocycles. The van der Waals surface area contributed by atoms with Crippen LogP contribution in [0.1, 0.15) is 10.9 Å². The molecule has 1 nitrogen and oxygen atoms in total. The Kier molecular flexibility index (Phi) is 2.35. The van der Waals surface area contributed by atoms with E-state index in [1.807, 2.05) is 23.1 Å². The Bertz CT molecular complexity index is 703. The van der Waals surface area contributed by atoms with Gasteiger partial charge in [-0.25, -0.2) is 0 Å². The van der Waals surface area contributed by atoms with Crippen LogP contribution in [-0.4, -0.2) is 0 Å². The highest BCUT2D eigenvalue weighted by Crippen LogP contribution is 2.53. The Hall–Kier alpha value is -1.45. The second-order valence-electron chi connectivity index (χ2n) is 4.31. The predicted octanol–water partition coefficient (Wildman–Crippen LogP) is 5.12. The highest BCUT2D eigenvalue weighted by atomic mass is 32.2. The first-order valence-corrected chi connectivity index (χ1v) is 7.61. The molecule has 18 heavy (non-hydrogen) atoms. The van der Waals surface area contributed by atoms with E-state index in [2.05, 4.69) is 59.9 Å². The molecule has 1 unspecified atom stereocenters. The monoisotopic (exact) mass is 269 g/mol. The molecule has 3 heteroatoms. The molecule has 3 aromatic rings. The number of thioether (sulfide) groups is 1. The van der Waals surface area contributed by atoms with Crippen LogP contribution in [-0.2, 0) is 0 Å². The van der Waals surface area contributed by atoms with Crippen molar-refractivity contribution in [2.75, 3.05) is 5.32 Å². The van der Waals surface area contributed by atoms with Gasteiger partial charge < -0.3 is 5.32 Å². The molecule has 0 saturated heterocycles. The molecule has 0 fully saturated rings. The molecule has 0 radical (unpaired) electrons. The zero-order valence-corrected chi connectivity index (χ0v) is 11.2. The smallest absolute Gasteiger partial charge is 0.105 e. The van der Waals surface area contributed by atoms with E-state index in [1.165, 1.54) is 25.5 Å². The SMILES string of the molecule is c1ccc(C2Nc3sc4ccccc4c3S2)cc1. The Labute approximate surface area is 114 Å². The van der Waals surface area contributed by atoms with Gasteiger partial charge in [0, 0.05) is 10.1 Å². The van der Waals surface area contributed by atoms with E-state index >= 15 is 0 Å². The highest BCUT2D eigenvalue weighted by molar-refractivity contribution is 8.00. The van der Waals surface area contributed by atoms with E-state index in [0.717, 1.165) is 0 Å². The van der Waals surface area contributed by atoms with Crippen LogP contribution in [0.5, 0.6) is 0 Å². The average molecular weight is 269 g/mol. The summed E-state index contributed by atoms with van der Waals surface area (Å²) in [5.41, 5.74) is 1.34. The second-order valence-corrected chi connectivity index (χ2v) is 6.48. The topological polar surface area (TPSA) is 12.0 Å². The Balaban J connectivity index is 1.76. The van der Waals surface area contributed by atoms with E-state index in [9.17, 15) is 0 Å². The van der Waals surface area contributed by atoms with Crippen LogP contribution in [0.3, 0.4) is 0 Å². The van der Waals surface area contributed by atoms with E-state index < -0.39 is 0 Å². The Morgan fingerprint density at radius 1 is 0.889 bits per heavy atom. The van der Waals surface area contributed by atoms with Gasteiger partial charge in [0.15, 0.2) is 0 Å². The van der Waals surface area contributed by atoms with Crippen LogP contribution in [0.15, 0.2) is 59.5 Å². The molecule has 1 N–H and O–H groups in total. The van der Waals surface area contributed by atoms with Crippen molar-refractivity contribution >= 4 is 38.2 Å². The number of hydrogen-bond donors (Lipinski definition) is 1. The molecule has 0 amide bonds. The average Bonchev–Trinajstić information content (AvgIpc) is 2.97. The molecule has 1 aromatic heterocycles. The standard InChI is InChI=1S/C15H11NS2/c1-2-6-10(7-3-1)14-16-15-13(18-14)11-8-4-5-9-12(11)17-15/h1-9,14,16H. The summed E-state index contributed by atoms with van der Waals surface area (Å²) in [4.78, 5) is 1.41. The number of anilines is 1. The molecule has 4 rings (SSSR count). The maximum absolute atomic E-state index is 3.62. The number of thiophene rings is 1. The summed E-state index contributed by atoms with van der Waals surface area (Å²) in [5, 5.41) is 6.68. The zero-order valence-electron chi connectivity index (χ0n) is 9.59. The van der Waals surface area contributed by atoms with Crippen molar-refractivity contribution in [1.82, 2.24) is 0 Å². The normalized spacial score (nSPS) is 17.7. The number of nitrogens with one attached hydrogen (secondary N) is 1. The van der Waals surface area contributed by atoms with E-state index in [0.29, 0.717) is 5.37 Å². The minimum Gasteiger partial charge on any atom is -0.360 e. The van der Waals surface area contributed by atoms with Gasteiger partial charge in [0.05, 0.1) is 4.90 Å². The number of hydrogen-bond acceptors (Lipinski definition) is 3. The van der Waals surface area contributed by atoms with Crippen molar-refractivity contribution < 1.29 is 0 Å². The molecule has 88 valence electrons. The number of rotatable bonds is 1. The van der Waals surface area contributed by atoms with Crippen LogP contribution in [0.2, 0.25) is 0 Å². The lowest BCUT2D eigenvalue weighted by Crippen LogP contribution is -1.99. The summed E-state index contributed by atoms with van der Waals surface area (Å²) >= 11 is 3.78. The van der Waals surface area contributed by atoms with Crippen molar-refractivity contribution in [3.05, 3.63) is 60.2 Å². The van der Waals surface area contributed by atoms with Crippen molar-refractivity contribution in [2.45, 2.75) is 10.3 Å². The van der Waals surface area contributed by atoms with Gasteiger partial charge in [0.2, 0.25) is 0 Å². The van der Waals surface area contributed by atoms with Gasteiger partial charge in [-0.3, -0.25) is 0 Å². The van der Waals surface area contributed by atoms with Crippen LogP contribution in [0.4, 0.5) is 5.00 Å². The number of benzene rings is 2. The minimum absolute atomic E-state index is 0.358. The summed E-state index contributed by atoms with van der Waals surface area (Å²) < 4.78 is 1.37. The summed E-state index contributed by atoms with van der Waals surface area (Å²) in [6.45, 7) is 0. The van der Waals surface area contributed by atoms with Crippen LogP contribution in [0.25, 0.3) is 10.1 Å². The van der Waals surface area contributed by atoms with Crippen LogP contribution in [0, 0.1) is 0 Å². The van der Waals surface area contributed by atoms with Crippen molar-refractivity contribution in [2.24, 2.45) is 0 Å². The van der Waals surface area contributed by atoms with E-state index in [1.54, 1.807) is 0 Å². The molecule has 1 aliphatic rings. The fourth-order valence-corrected chi connectivity index (χ4v) is 4.89. The van der Waals surface area contributed by atoms with Gasteiger partial charge in [0.25, 0.3) is 0 Å². The van der Waals surface area contributed by atoms with Crippen LogP contribution < -0.4 is 5.32 Å². The molecule has 2 aromatic carbocycles. The first-order chi connectivity index (χ1) is 8.92.